The first-order valence-corrected chi connectivity index (χ1v) is 7.49. The minimum absolute atomic E-state index is 0.436. The lowest BCUT2D eigenvalue weighted by molar-refractivity contribution is 0.0806. The fraction of sp³-hybridized carbons (Fsp3) is 0.533. The van der Waals surface area contributed by atoms with Crippen LogP contribution in [0.25, 0.3) is 0 Å². The lowest BCUT2D eigenvalue weighted by Gasteiger charge is -2.14. The standard InChI is InChI=1S/C15H21BrO4/c1-4-19-14-8-12(9-17)7-13(16)15(14)20-6-5-18-10-11(2)3/h7-9,11H,4-6,10H2,1-3H3. The van der Waals surface area contributed by atoms with E-state index < -0.39 is 0 Å². The number of benzene rings is 1. The van der Waals surface area contributed by atoms with E-state index >= 15 is 0 Å². The van der Waals surface area contributed by atoms with Gasteiger partial charge in [0, 0.05) is 12.2 Å². The van der Waals surface area contributed by atoms with Crippen molar-refractivity contribution in [3.05, 3.63) is 22.2 Å². The maximum absolute atomic E-state index is 10.9. The van der Waals surface area contributed by atoms with Crippen molar-refractivity contribution in [2.24, 2.45) is 5.92 Å². The number of hydrogen-bond acceptors (Lipinski definition) is 4. The van der Waals surface area contributed by atoms with Crippen molar-refractivity contribution in [2.45, 2.75) is 20.8 Å². The van der Waals surface area contributed by atoms with Crippen LogP contribution >= 0.6 is 15.9 Å². The highest BCUT2D eigenvalue weighted by molar-refractivity contribution is 9.10. The van der Waals surface area contributed by atoms with Gasteiger partial charge in [0.25, 0.3) is 0 Å². The van der Waals surface area contributed by atoms with Crippen LogP contribution in [0.4, 0.5) is 0 Å². The number of ether oxygens (including phenoxy) is 3. The van der Waals surface area contributed by atoms with Gasteiger partial charge in [0.2, 0.25) is 0 Å². The van der Waals surface area contributed by atoms with Crippen LogP contribution in [0.2, 0.25) is 0 Å². The third kappa shape index (κ3) is 5.51. The average Bonchev–Trinajstić information content (AvgIpc) is 2.40. The summed E-state index contributed by atoms with van der Waals surface area (Å²) >= 11 is 3.40. The Morgan fingerprint density at radius 3 is 2.60 bits per heavy atom. The average molecular weight is 345 g/mol. The normalized spacial score (nSPS) is 10.7. The molecule has 0 amide bonds. The Kier molecular flexibility index (Phi) is 7.62. The van der Waals surface area contributed by atoms with Crippen LogP contribution in [0.1, 0.15) is 31.1 Å². The van der Waals surface area contributed by atoms with E-state index in [0.29, 0.717) is 53.9 Å². The number of aldehydes is 1. The van der Waals surface area contributed by atoms with E-state index in [0.717, 1.165) is 6.29 Å². The second-order valence-electron chi connectivity index (χ2n) is 4.70. The molecular formula is C15H21BrO4. The van der Waals surface area contributed by atoms with Crippen molar-refractivity contribution in [2.75, 3.05) is 26.4 Å². The molecule has 0 saturated heterocycles. The molecule has 0 heterocycles. The van der Waals surface area contributed by atoms with E-state index in [2.05, 4.69) is 29.8 Å². The van der Waals surface area contributed by atoms with E-state index in [9.17, 15) is 4.79 Å². The van der Waals surface area contributed by atoms with Crippen LogP contribution < -0.4 is 9.47 Å². The summed E-state index contributed by atoms with van der Waals surface area (Å²) in [7, 11) is 0. The van der Waals surface area contributed by atoms with Gasteiger partial charge >= 0.3 is 0 Å². The van der Waals surface area contributed by atoms with E-state index in [1.165, 1.54) is 0 Å². The zero-order chi connectivity index (χ0) is 15.0. The minimum Gasteiger partial charge on any atom is -0.490 e. The molecule has 0 bridgehead atoms. The molecule has 0 aliphatic carbocycles. The molecule has 20 heavy (non-hydrogen) atoms. The summed E-state index contributed by atoms with van der Waals surface area (Å²) in [5.74, 6) is 1.67. The maximum Gasteiger partial charge on any atom is 0.175 e. The molecule has 5 heteroatoms. The van der Waals surface area contributed by atoms with Crippen molar-refractivity contribution in [1.82, 2.24) is 0 Å². The van der Waals surface area contributed by atoms with Gasteiger partial charge < -0.3 is 14.2 Å². The zero-order valence-electron chi connectivity index (χ0n) is 12.1. The van der Waals surface area contributed by atoms with Gasteiger partial charge in [0.1, 0.15) is 12.9 Å². The van der Waals surface area contributed by atoms with Crippen LogP contribution in [0.3, 0.4) is 0 Å². The highest BCUT2D eigenvalue weighted by Gasteiger charge is 2.12. The van der Waals surface area contributed by atoms with Crippen molar-refractivity contribution < 1.29 is 19.0 Å². The first-order valence-electron chi connectivity index (χ1n) is 6.70. The van der Waals surface area contributed by atoms with Crippen LogP contribution in [0.5, 0.6) is 11.5 Å². The Labute approximate surface area is 128 Å². The maximum atomic E-state index is 10.9. The molecule has 1 aromatic carbocycles. The highest BCUT2D eigenvalue weighted by atomic mass is 79.9. The molecule has 0 unspecified atom stereocenters. The molecule has 0 aliphatic rings. The molecule has 0 saturated carbocycles. The topological polar surface area (TPSA) is 44.8 Å². The second kappa shape index (κ2) is 8.97. The molecule has 0 aromatic heterocycles. The van der Waals surface area contributed by atoms with E-state index in [1.54, 1.807) is 12.1 Å². The van der Waals surface area contributed by atoms with Crippen molar-refractivity contribution in [3.63, 3.8) is 0 Å². The molecule has 0 atom stereocenters. The number of carbonyl (C=O) groups is 1. The van der Waals surface area contributed by atoms with Crippen LogP contribution in [0, 0.1) is 5.92 Å². The molecule has 0 fully saturated rings. The third-order valence-electron chi connectivity index (χ3n) is 2.39. The molecule has 1 rings (SSSR count). The zero-order valence-corrected chi connectivity index (χ0v) is 13.7. The lowest BCUT2D eigenvalue weighted by Crippen LogP contribution is -2.11. The number of carbonyl (C=O) groups excluding carboxylic acids is 1. The summed E-state index contributed by atoms with van der Waals surface area (Å²) in [6.07, 6.45) is 0.781. The Balaban J connectivity index is 2.65. The Morgan fingerprint density at radius 1 is 1.25 bits per heavy atom. The number of rotatable bonds is 9. The fourth-order valence-electron chi connectivity index (χ4n) is 1.58. The largest absolute Gasteiger partial charge is 0.490 e. The molecule has 4 nitrogen and oxygen atoms in total. The highest BCUT2D eigenvalue weighted by Crippen LogP contribution is 2.36. The fourth-order valence-corrected chi connectivity index (χ4v) is 2.15. The molecular weight excluding hydrogens is 324 g/mol. The molecule has 1 aromatic rings. The van der Waals surface area contributed by atoms with E-state index in [-0.39, 0.29) is 0 Å². The Morgan fingerprint density at radius 2 is 2.00 bits per heavy atom. The van der Waals surface area contributed by atoms with E-state index in [4.69, 9.17) is 14.2 Å². The van der Waals surface area contributed by atoms with Gasteiger partial charge in [-0.15, -0.1) is 0 Å². The first kappa shape index (κ1) is 17.0. The minimum atomic E-state index is 0.436. The molecule has 0 spiro atoms. The van der Waals surface area contributed by atoms with Gasteiger partial charge in [-0.2, -0.15) is 0 Å². The lowest BCUT2D eigenvalue weighted by atomic mass is 10.2. The van der Waals surface area contributed by atoms with Gasteiger partial charge in [-0.1, -0.05) is 13.8 Å². The summed E-state index contributed by atoms with van der Waals surface area (Å²) in [6, 6.07) is 3.38. The van der Waals surface area contributed by atoms with Crippen LogP contribution in [0.15, 0.2) is 16.6 Å². The van der Waals surface area contributed by atoms with Gasteiger partial charge in [-0.3, -0.25) is 4.79 Å². The summed E-state index contributed by atoms with van der Waals surface area (Å²) in [6.45, 7) is 8.27. The van der Waals surface area contributed by atoms with Crippen LogP contribution in [-0.2, 0) is 4.74 Å². The monoisotopic (exact) mass is 344 g/mol. The van der Waals surface area contributed by atoms with Crippen molar-refractivity contribution in [3.8, 4) is 11.5 Å². The molecule has 112 valence electrons. The van der Waals surface area contributed by atoms with Gasteiger partial charge in [0.15, 0.2) is 11.5 Å². The quantitative estimate of drug-likeness (QED) is 0.506. The first-order chi connectivity index (χ1) is 9.58. The van der Waals surface area contributed by atoms with E-state index in [1.807, 2.05) is 6.92 Å². The summed E-state index contributed by atoms with van der Waals surface area (Å²) in [5, 5.41) is 0. The molecule has 0 N–H and O–H groups in total. The number of hydrogen-bond donors (Lipinski definition) is 0. The van der Waals surface area contributed by atoms with Gasteiger partial charge in [-0.05, 0) is 40.9 Å². The number of halogens is 1. The predicted octanol–water partition coefficient (Wildman–Crippen LogP) is 3.71. The second-order valence-corrected chi connectivity index (χ2v) is 5.55. The smallest absolute Gasteiger partial charge is 0.175 e. The summed E-state index contributed by atoms with van der Waals surface area (Å²) in [5.41, 5.74) is 0.545. The third-order valence-corrected chi connectivity index (χ3v) is 2.98. The Bertz CT molecular complexity index is 432. The molecule has 0 aliphatic heterocycles. The van der Waals surface area contributed by atoms with Gasteiger partial charge in [0.05, 0.1) is 17.7 Å². The predicted molar refractivity (Wildman–Crippen MR) is 81.9 cm³/mol. The van der Waals surface area contributed by atoms with Crippen LogP contribution in [-0.4, -0.2) is 32.7 Å². The van der Waals surface area contributed by atoms with Gasteiger partial charge in [-0.25, -0.2) is 0 Å². The van der Waals surface area contributed by atoms with Crippen molar-refractivity contribution in [1.29, 1.82) is 0 Å². The summed E-state index contributed by atoms with van der Waals surface area (Å²) in [4.78, 5) is 10.9. The Hall–Kier alpha value is -1.07. The SMILES string of the molecule is CCOc1cc(C=O)cc(Br)c1OCCOCC(C)C. The molecule has 0 radical (unpaired) electrons. The summed E-state index contributed by atoms with van der Waals surface area (Å²) < 4.78 is 17.4. The van der Waals surface area contributed by atoms with Crippen molar-refractivity contribution >= 4 is 22.2 Å².